The molecule has 1 heterocycles. The number of aromatic nitrogens is 1. The number of rotatable bonds is 2. The Morgan fingerprint density at radius 2 is 1.38 bits per heavy atom. The van der Waals surface area contributed by atoms with Crippen molar-refractivity contribution >= 4 is 11.4 Å². The van der Waals surface area contributed by atoms with Gasteiger partial charge in [0.1, 0.15) is 0 Å². The summed E-state index contributed by atoms with van der Waals surface area (Å²) in [6.45, 7) is 0. The molecule has 1 radical (unpaired) electrons. The number of para-hydroxylation sites is 1. The highest BCUT2D eigenvalue weighted by molar-refractivity contribution is 5.47. The van der Waals surface area contributed by atoms with Crippen LogP contribution in [0.3, 0.4) is 0 Å². The lowest BCUT2D eigenvalue weighted by atomic mass is 10.3. The van der Waals surface area contributed by atoms with Gasteiger partial charge in [-0.1, -0.05) is 18.2 Å². The fraction of sp³-hybridized carbons (Fsp3) is 0. The summed E-state index contributed by atoms with van der Waals surface area (Å²) in [5.74, 6) is 0. The monoisotopic (exact) mass is 169 g/mol. The molecule has 1 aromatic heterocycles. The lowest BCUT2D eigenvalue weighted by Gasteiger charge is -2.00. The summed E-state index contributed by atoms with van der Waals surface area (Å²) in [6, 6.07) is 13.6. The van der Waals surface area contributed by atoms with Crippen LogP contribution in [-0.4, -0.2) is 4.98 Å². The van der Waals surface area contributed by atoms with Crippen molar-refractivity contribution < 1.29 is 0 Å². The van der Waals surface area contributed by atoms with Gasteiger partial charge in [-0.3, -0.25) is 4.98 Å². The summed E-state index contributed by atoms with van der Waals surface area (Å²) >= 11 is 0. The van der Waals surface area contributed by atoms with Crippen LogP contribution >= 0.6 is 0 Å². The summed E-state index contributed by atoms with van der Waals surface area (Å²) in [4.78, 5) is 3.93. The summed E-state index contributed by atoms with van der Waals surface area (Å²) in [5.41, 5.74) is 1.90. The second-order valence-corrected chi connectivity index (χ2v) is 2.65. The summed E-state index contributed by atoms with van der Waals surface area (Å²) in [7, 11) is 0. The molecule has 13 heavy (non-hydrogen) atoms. The van der Waals surface area contributed by atoms with Crippen molar-refractivity contribution in [2.75, 3.05) is 0 Å². The largest absolute Gasteiger partial charge is 0.265 e. The first kappa shape index (κ1) is 7.80. The number of nitrogens with zero attached hydrogens (tertiary/aromatic N) is 2. The highest BCUT2D eigenvalue weighted by Crippen LogP contribution is 2.14. The van der Waals surface area contributed by atoms with Gasteiger partial charge in [0.05, 0.1) is 11.4 Å². The Morgan fingerprint density at radius 3 is 2.08 bits per heavy atom. The zero-order valence-electron chi connectivity index (χ0n) is 7.09. The molecule has 0 atom stereocenters. The fourth-order valence-corrected chi connectivity index (χ4v) is 1.07. The summed E-state index contributed by atoms with van der Waals surface area (Å²) in [5, 5.41) is 4.40. The van der Waals surface area contributed by atoms with Gasteiger partial charge < -0.3 is 0 Å². The predicted molar refractivity (Wildman–Crippen MR) is 52.1 cm³/mol. The molecule has 0 unspecified atom stereocenters. The van der Waals surface area contributed by atoms with Crippen LogP contribution in [0.25, 0.3) is 0 Å². The molecule has 63 valence electrons. The van der Waals surface area contributed by atoms with Gasteiger partial charge in [-0.25, -0.2) is 5.32 Å². The Hall–Kier alpha value is -1.83. The van der Waals surface area contributed by atoms with E-state index in [-0.39, 0.29) is 0 Å². The molecule has 0 saturated carbocycles. The Kier molecular flexibility index (Phi) is 2.23. The smallest absolute Gasteiger partial charge is 0.0667 e. The number of pyridine rings is 1. The van der Waals surface area contributed by atoms with Crippen molar-refractivity contribution in [3.8, 4) is 0 Å². The minimum atomic E-state index is 0.932. The van der Waals surface area contributed by atoms with E-state index in [2.05, 4.69) is 10.3 Å². The zero-order valence-corrected chi connectivity index (χ0v) is 7.09. The van der Waals surface area contributed by atoms with Gasteiger partial charge in [0.15, 0.2) is 0 Å². The van der Waals surface area contributed by atoms with Crippen molar-refractivity contribution in [3.05, 3.63) is 54.9 Å². The van der Waals surface area contributed by atoms with Crippen molar-refractivity contribution in [3.63, 3.8) is 0 Å². The molecule has 0 amide bonds. The summed E-state index contributed by atoms with van der Waals surface area (Å²) in [6.07, 6.45) is 3.48. The van der Waals surface area contributed by atoms with E-state index in [1.165, 1.54) is 0 Å². The van der Waals surface area contributed by atoms with E-state index in [1.807, 2.05) is 42.5 Å². The van der Waals surface area contributed by atoms with E-state index in [1.54, 1.807) is 12.4 Å². The van der Waals surface area contributed by atoms with Gasteiger partial charge in [0.2, 0.25) is 0 Å². The predicted octanol–water partition coefficient (Wildman–Crippen LogP) is 2.65. The first-order valence-electron chi connectivity index (χ1n) is 4.12. The SMILES string of the molecule is c1ccc([N]c2ccncc2)cc1. The maximum atomic E-state index is 4.40. The third-order valence-corrected chi connectivity index (χ3v) is 1.68. The third kappa shape index (κ3) is 2.06. The van der Waals surface area contributed by atoms with E-state index in [0.29, 0.717) is 0 Å². The van der Waals surface area contributed by atoms with Crippen molar-refractivity contribution in [1.29, 1.82) is 0 Å². The first-order chi connectivity index (χ1) is 6.45. The van der Waals surface area contributed by atoms with Gasteiger partial charge in [0.25, 0.3) is 0 Å². The van der Waals surface area contributed by atoms with Crippen LogP contribution in [0, 0.1) is 0 Å². The molecule has 0 spiro atoms. The Bertz CT molecular complexity index is 319. The zero-order chi connectivity index (χ0) is 8.93. The van der Waals surface area contributed by atoms with Crippen molar-refractivity contribution in [2.24, 2.45) is 0 Å². The number of benzene rings is 1. The van der Waals surface area contributed by atoms with Crippen molar-refractivity contribution in [1.82, 2.24) is 10.3 Å². The lowest BCUT2D eigenvalue weighted by Crippen LogP contribution is -1.87. The number of hydrogen-bond donors (Lipinski definition) is 0. The number of hydrogen-bond acceptors (Lipinski definition) is 1. The molecule has 0 aliphatic rings. The molecule has 2 aromatic rings. The maximum absolute atomic E-state index is 4.40. The molecule has 0 bridgehead atoms. The molecule has 0 N–H and O–H groups in total. The average molecular weight is 169 g/mol. The van der Waals surface area contributed by atoms with Gasteiger partial charge in [-0.15, -0.1) is 0 Å². The van der Waals surface area contributed by atoms with E-state index in [4.69, 9.17) is 0 Å². The molecular weight excluding hydrogens is 160 g/mol. The lowest BCUT2D eigenvalue weighted by molar-refractivity contribution is 1.16. The maximum Gasteiger partial charge on any atom is 0.0667 e. The highest BCUT2D eigenvalue weighted by Gasteiger charge is 1.93. The Morgan fingerprint density at radius 1 is 0.769 bits per heavy atom. The van der Waals surface area contributed by atoms with Crippen LogP contribution in [0.15, 0.2) is 54.9 Å². The first-order valence-corrected chi connectivity index (χ1v) is 4.12. The molecule has 2 heteroatoms. The van der Waals surface area contributed by atoms with Crippen LogP contribution in [0.4, 0.5) is 11.4 Å². The molecule has 0 saturated heterocycles. The Balaban J connectivity index is 2.16. The van der Waals surface area contributed by atoms with Gasteiger partial charge in [-0.05, 0) is 24.3 Å². The normalized spacial score (nSPS) is 9.54. The van der Waals surface area contributed by atoms with Gasteiger partial charge in [-0.2, -0.15) is 0 Å². The third-order valence-electron chi connectivity index (χ3n) is 1.68. The van der Waals surface area contributed by atoms with Crippen LogP contribution in [0.2, 0.25) is 0 Å². The molecular formula is C11H9N2. The standard InChI is InChI=1S/C11H9N2/c1-2-4-10(5-3-1)13-11-6-8-12-9-7-11/h1-9H. The quantitative estimate of drug-likeness (QED) is 0.678. The van der Waals surface area contributed by atoms with Gasteiger partial charge >= 0.3 is 0 Å². The average Bonchev–Trinajstić information content (AvgIpc) is 2.21. The fourth-order valence-electron chi connectivity index (χ4n) is 1.07. The molecule has 0 fully saturated rings. The van der Waals surface area contributed by atoms with Crippen LogP contribution in [0.5, 0.6) is 0 Å². The minimum absolute atomic E-state index is 0.932. The van der Waals surface area contributed by atoms with Gasteiger partial charge in [0, 0.05) is 12.4 Å². The van der Waals surface area contributed by atoms with Crippen molar-refractivity contribution in [2.45, 2.75) is 0 Å². The molecule has 0 aliphatic carbocycles. The second-order valence-electron chi connectivity index (χ2n) is 2.65. The van der Waals surface area contributed by atoms with E-state index < -0.39 is 0 Å². The summed E-state index contributed by atoms with van der Waals surface area (Å²) < 4.78 is 0. The molecule has 1 aromatic carbocycles. The van der Waals surface area contributed by atoms with E-state index in [9.17, 15) is 0 Å². The minimum Gasteiger partial charge on any atom is -0.265 e. The van der Waals surface area contributed by atoms with E-state index in [0.717, 1.165) is 11.4 Å². The molecule has 2 rings (SSSR count). The Labute approximate surface area is 77.3 Å². The van der Waals surface area contributed by atoms with E-state index >= 15 is 0 Å². The van der Waals surface area contributed by atoms with Crippen LogP contribution in [0.1, 0.15) is 0 Å². The second kappa shape index (κ2) is 3.72. The molecule has 2 nitrogen and oxygen atoms in total. The van der Waals surface area contributed by atoms with Crippen LogP contribution < -0.4 is 5.32 Å². The molecule has 0 aliphatic heterocycles. The topological polar surface area (TPSA) is 27.0 Å². The highest BCUT2D eigenvalue weighted by atomic mass is 14.9. The van der Waals surface area contributed by atoms with Crippen LogP contribution in [-0.2, 0) is 0 Å².